The predicted octanol–water partition coefficient (Wildman–Crippen LogP) is 3.50. The van der Waals surface area contributed by atoms with Crippen molar-refractivity contribution in [2.45, 2.75) is 25.9 Å². The Kier molecular flexibility index (Phi) is 8.87. The van der Waals surface area contributed by atoms with Crippen molar-refractivity contribution >= 4 is 17.5 Å². The molecule has 0 aliphatic carbocycles. The molecule has 0 saturated heterocycles. The highest BCUT2D eigenvalue weighted by Crippen LogP contribution is 2.27. The van der Waals surface area contributed by atoms with Gasteiger partial charge in [-0.2, -0.15) is 0 Å². The number of carbonyl (C=O) groups is 2. The number of carbonyl (C=O) groups excluding carboxylic acids is 2. The van der Waals surface area contributed by atoms with Crippen molar-refractivity contribution in [1.82, 2.24) is 15.1 Å². The third-order valence-corrected chi connectivity index (χ3v) is 6.59. The van der Waals surface area contributed by atoms with Crippen molar-refractivity contribution in [3.63, 3.8) is 0 Å². The molecule has 3 aromatic carbocycles. The summed E-state index contributed by atoms with van der Waals surface area (Å²) in [5.41, 5.74) is 5.23. The second kappa shape index (κ2) is 12.5. The molecule has 1 N–H and O–H groups in total. The van der Waals surface area contributed by atoms with E-state index in [1.807, 2.05) is 91.8 Å². The van der Waals surface area contributed by atoms with Gasteiger partial charge >= 0.3 is 0 Å². The van der Waals surface area contributed by atoms with Gasteiger partial charge in [-0.1, -0.05) is 72.8 Å². The second-order valence-electron chi connectivity index (χ2n) is 9.59. The van der Waals surface area contributed by atoms with Gasteiger partial charge in [0, 0.05) is 31.9 Å². The van der Waals surface area contributed by atoms with Crippen LogP contribution < -0.4 is 10.2 Å². The normalized spacial score (nSPS) is 12.8. The van der Waals surface area contributed by atoms with Gasteiger partial charge in [0.2, 0.25) is 11.8 Å². The first kappa shape index (κ1) is 25.6. The fourth-order valence-electron chi connectivity index (χ4n) is 4.59. The Morgan fingerprint density at radius 2 is 1.50 bits per heavy atom. The first-order valence-corrected chi connectivity index (χ1v) is 12.6. The van der Waals surface area contributed by atoms with Crippen LogP contribution in [0, 0.1) is 0 Å². The molecule has 4 rings (SSSR count). The topological polar surface area (TPSA) is 55.9 Å². The van der Waals surface area contributed by atoms with Crippen LogP contribution in [0.15, 0.2) is 78.9 Å². The van der Waals surface area contributed by atoms with Crippen LogP contribution in [-0.2, 0) is 35.5 Å². The summed E-state index contributed by atoms with van der Waals surface area (Å²) in [5, 5.41) is 3.41. The van der Waals surface area contributed by atoms with Crippen LogP contribution in [0.2, 0.25) is 0 Å². The van der Waals surface area contributed by atoms with Crippen LogP contribution >= 0.6 is 0 Å². The van der Waals surface area contributed by atoms with Gasteiger partial charge in [-0.05, 0) is 55.4 Å². The maximum Gasteiger partial charge on any atom is 0.242 e. The molecule has 0 spiro atoms. The molecule has 0 bridgehead atoms. The molecular weight excluding hydrogens is 448 g/mol. The minimum Gasteiger partial charge on any atom is -0.336 e. The first-order valence-electron chi connectivity index (χ1n) is 12.6. The van der Waals surface area contributed by atoms with Gasteiger partial charge in [-0.15, -0.1) is 0 Å². The molecule has 1 aliphatic rings. The van der Waals surface area contributed by atoms with E-state index in [1.165, 1.54) is 5.56 Å². The van der Waals surface area contributed by atoms with E-state index >= 15 is 0 Å². The lowest BCUT2D eigenvalue weighted by molar-refractivity contribution is -0.132. The summed E-state index contributed by atoms with van der Waals surface area (Å²) in [6, 6.07) is 25.9. The Hall–Kier alpha value is -3.48. The minimum absolute atomic E-state index is 0.0236. The van der Waals surface area contributed by atoms with Crippen LogP contribution in [-0.4, -0.2) is 61.9 Å². The average Bonchev–Trinajstić information content (AvgIpc) is 2.90. The van der Waals surface area contributed by atoms with Gasteiger partial charge in [0.25, 0.3) is 0 Å². The zero-order valence-electron chi connectivity index (χ0n) is 21.3. The third-order valence-electron chi connectivity index (χ3n) is 6.59. The summed E-state index contributed by atoms with van der Waals surface area (Å²) in [5.74, 6) is -0.109. The molecular formula is C30H36N4O2. The maximum atomic E-state index is 13.8. The van der Waals surface area contributed by atoms with Crippen molar-refractivity contribution < 1.29 is 9.59 Å². The van der Waals surface area contributed by atoms with Crippen LogP contribution in [0.5, 0.6) is 0 Å². The van der Waals surface area contributed by atoms with E-state index in [0.29, 0.717) is 13.1 Å². The van der Waals surface area contributed by atoms with Crippen LogP contribution in [0.1, 0.15) is 22.3 Å². The Morgan fingerprint density at radius 3 is 2.19 bits per heavy atom. The molecule has 0 radical (unpaired) electrons. The largest absolute Gasteiger partial charge is 0.336 e. The summed E-state index contributed by atoms with van der Waals surface area (Å²) in [7, 11) is 4.01. The molecule has 3 aromatic rings. The molecule has 0 atom stereocenters. The predicted molar refractivity (Wildman–Crippen MR) is 145 cm³/mol. The van der Waals surface area contributed by atoms with E-state index < -0.39 is 0 Å². The van der Waals surface area contributed by atoms with E-state index in [2.05, 4.69) is 16.3 Å². The van der Waals surface area contributed by atoms with Gasteiger partial charge in [-0.25, -0.2) is 0 Å². The summed E-state index contributed by atoms with van der Waals surface area (Å²) in [6.45, 7) is 3.53. The Balaban J connectivity index is 1.62. The van der Waals surface area contributed by atoms with Crippen molar-refractivity contribution in [2.24, 2.45) is 0 Å². The number of rotatable bonds is 10. The molecule has 2 amide bonds. The highest BCUT2D eigenvalue weighted by atomic mass is 16.2. The molecule has 6 nitrogen and oxygen atoms in total. The van der Waals surface area contributed by atoms with Gasteiger partial charge in [0.1, 0.15) is 6.54 Å². The van der Waals surface area contributed by atoms with Gasteiger partial charge in [0.05, 0.1) is 6.42 Å². The van der Waals surface area contributed by atoms with Gasteiger partial charge in [-0.3, -0.25) is 9.59 Å². The summed E-state index contributed by atoms with van der Waals surface area (Å²) >= 11 is 0. The molecule has 36 heavy (non-hydrogen) atoms. The quantitative estimate of drug-likeness (QED) is 0.479. The summed E-state index contributed by atoms with van der Waals surface area (Å²) < 4.78 is 0. The van der Waals surface area contributed by atoms with Gasteiger partial charge in [0.15, 0.2) is 0 Å². The smallest absolute Gasteiger partial charge is 0.242 e. The SMILES string of the molecule is CN(C)CCN(Cc1ccccc1)C(=O)CN(C(=O)Cc1ccccc1)c1cccc2c1CCNC2. The highest BCUT2D eigenvalue weighted by Gasteiger charge is 2.26. The van der Waals surface area contributed by atoms with E-state index in [0.717, 1.165) is 48.4 Å². The summed E-state index contributed by atoms with van der Waals surface area (Å²) in [6.07, 6.45) is 1.09. The Bertz CT molecular complexity index is 1150. The number of fused-ring (bicyclic) bond motifs is 1. The van der Waals surface area contributed by atoms with Gasteiger partial charge < -0.3 is 20.0 Å². The van der Waals surface area contributed by atoms with Crippen molar-refractivity contribution in [1.29, 1.82) is 0 Å². The molecule has 1 heterocycles. The number of amides is 2. The van der Waals surface area contributed by atoms with Crippen LogP contribution in [0.25, 0.3) is 0 Å². The van der Waals surface area contributed by atoms with Crippen LogP contribution in [0.3, 0.4) is 0 Å². The number of hydrogen-bond acceptors (Lipinski definition) is 4. The number of nitrogens with one attached hydrogen (secondary N) is 1. The van der Waals surface area contributed by atoms with E-state index in [1.54, 1.807) is 4.90 Å². The lowest BCUT2D eigenvalue weighted by Crippen LogP contribution is -2.45. The van der Waals surface area contributed by atoms with Crippen molar-refractivity contribution in [3.8, 4) is 0 Å². The molecule has 0 unspecified atom stereocenters. The Labute approximate surface area is 214 Å². The molecule has 6 heteroatoms. The van der Waals surface area contributed by atoms with E-state index in [9.17, 15) is 9.59 Å². The maximum absolute atomic E-state index is 13.8. The number of anilines is 1. The van der Waals surface area contributed by atoms with Crippen molar-refractivity contribution in [2.75, 3.05) is 45.2 Å². The highest BCUT2D eigenvalue weighted by molar-refractivity contribution is 6.00. The van der Waals surface area contributed by atoms with Crippen molar-refractivity contribution in [3.05, 3.63) is 101 Å². The lowest BCUT2D eigenvalue weighted by atomic mass is 9.98. The molecule has 0 fully saturated rings. The Morgan fingerprint density at radius 1 is 0.806 bits per heavy atom. The number of likely N-dealkylation sites (N-methyl/N-ethyl adjacent to an activating group) is 1. The zero-order chi connectivity index (χ0) is 25.3. The minimum atomic E-state index is -0.0613. The first-order chi connectivity index (χ1) is 17.5. The molecule has 0 saturated carbocycles. The summed E-state index contributed by atoms with van der Waals surface area (Å²) in [4.78, 5) is 33.1. The van der Waals surface area contributed by atoms with E-state index in [-0.39, 0.29) is 24.8 Å². The molecule has 1 aliphatic heterocycles. The standard InChI is InChI=1S/C30H36N4O2/c1-32(2)18-19-33(22-25-12-7-4-8-13-25)30(36)23-34(29(35)20-24-10-5-3-6-11-24)28-15-9-14-26-21-31-17-16-27(26)28/h3-15,31H,16-23H2,1-2H3. The monoisotopic (exact) mass is 484 g/mol. The fraction of sp³-hybridized carbons (Fsp3) is 0.333. The van der Waals surface area contributed by atoms with Crippen LogP contribution in [0.4, 0.5) is 5.69 Å². The molecule has 188 valence electrons. The number of benzene rings is 3. The average molecular weight is 485 g/mol. The lowest BCUT2D eigenvalue weighted by Gasteiger charge is -2.31. The third kappa shape index (κ3) is 6.80. The fourth-order valence-corrected chi connectivity index (χ4v) is 4.59. The molecule has 0 aromatic heterocycles. The number of nitrogens with zero attached hydrogens (tertiary/aromatic N) is 3. The zero-order valence-corrected chi connectivity index (χ0v) is 21.3. The van der Waals surface area contributed by atoms with E-state index in [4.69, 9.17) is 0 Å². The number of hydrogen-bond donors (Lipinski definition) is 1. The second-order valence-corrected chi connectivity index (χ2v) is 9.59.